The molecule has 40 heavy (non-hydrogen) atoms. The van der Waals surface area contributed by atoms with Crippen molar-refractivity contribution in [1.82, 2.24) is 4.90 Å². The van der Waals surface area contributed by atoms with Crippen LogP contribution in [0.25, 0.3) is 5.76 Å². The van der Waals surface area contributed by atoms with Gasteiger partial charge in [-0.15, -0.1) is 0 Å². The third-order valence-corrected chi connectivity index (χ3v) is 7.62. The highest BCUT2D eigenvalue weighted by molar-refractivity contribution is 6.34. The van der Waals surface area contributed by atoms with Crippen molar-refractivity contribution in [3.05, 3.63) is 39.7 Å². The smallest absolute Gasteiger partial charge is 0.425 e. The van der Waals surface area contributed by atoms with Gasteiger partial charge in [0.15, 0.2) is 5.60 Å². The quantitative estimate of drug-likeness (QED) is 0.118. The van der Waals surface area contributed by atoms with Crippen molar-refractivity contribution < 1.29 is 48.0 Å². The number of aliphatic hydroxyl groups excluding tert-OH is 2. The minimum absolute atomic E-state index is 0.0561. The number of anilines is 1. The summed E-state index contributed by atoms with van der Waals surface area (Å²) in [6.07, 6.45) is -4.80. The maximum absolute atomic E-state index is 13.9. The van der Waals surface area contributed by atoms with Crippen LogP contribution in [0.2, 0.25) is 0 Å². The fourth-order valence-corrected chi connectivity index (χ4v) is 5.96. The molecule has 0 aliphatic heterocycles. The van der Waals surface area contributed by atoms with E-state index in [9.17, 15) is 43.2 Å². The Balaban J connectivity index is 1.90. The standard InChI is InChI=1S/C25H28F3N5O7/c1-8(32-40-7-24(26,27)28)10-6-13(29)18(34)15-11(10)4-9-5-12-17(33(2)3)20(36)16(23(31)38)21(30)25(12,39)22(37)14(9)19(15)35/h6,9,12,17,30,34-36,39H,4-5,7,29H2,1-3H3,(H2,31,38)/b30-21?,32-8-/t9-,12-,17-,25+/m0/s1. The SMILES string of the molecule is C/C(=N/OCC(F)(F)F)c1cc(N)c(O)c2c1C[C@H]1C[C@H]3[C@H](N(C)C)C(O)=C(C(N)=O)C(=N)[C@@]3(O)C(=O)C1=C2O. The number of fused-ring (bicyclic) bond motifs is 3. The van der Waals surface area contributed by atoms with Crippen LogP contribution < -0.4 is 11.5 Å². The Hall–Kier alpha value is -4.11. The number of carbonyl (C=O) groups is 2. The summed E-state index contributed by atoms with van der Waals surface area (Å²) < 4.78 is 37.6. The van der Waals surface area contributed by atoms with Crippen molar-refractivity contribution in [3.63, 3.8) is 0 Å². The van der Waals surface area contributed by atoms with Crippen molar-refractivity contribution in [3.8, 4) is 5.75 Å². The number of oxime groups is 1. The first-order valence-electron chi connectivity index (χ1n) is 12.0. The van der Waals surface area contributed by atoms with Gasteiger partial charge in [-0.05, 0) is 51.4 Å². The number of alkyl halides is 3. The molecule has 1 saturated carbocycles. The van der Waals surface area contributed by atoms with E-state index in [0.29, 0.717) is 0 Å². The number of primary amides is 1. The fraction of sp³-hybridized carbons (Fsp3) is 0.440. The molecule has 3 aliphatic rings. The summed E-state index contributed by atoms with van der Waals surface area (Å²) in [5, 5.41) is 56.6. The van der Waals surface area contributed by atoms with Gasteiger partial charge in [0, 0.05) is 17.1 Å². The molecule has 3 aliphatic carbocycles. The van der Waals surface area contributed by atoms with Gasteiger partial charge in [0.2, 0.25) is 12.4 Å². The number of phenolic OH excluding ortho intramolecular Hbond substituents is 1. The lowest BCUT2D eigenvalue weighted by atomic mass is 9.56. The topological polar surface area (TPSA) is 216 Å². The van der Waals surface area contributed by atoms with Crippen molar-refractivity contribution >= 4 is 34.6 Å². The summed E-state index contributed by atoms with van der Waals surface area (Å²) in [4.78, 5) is 31.9. The molecule has 1 aromatic rings. The van der Waals surface area contributed by atoms with Crippen LogP contribution in [0.1, 0.15) is 30.0 Å². The number of nitrogens with zero attached hydrogens (tertiary/aromatic N) is 2. The number of nitrogens with one attached hydrogen (secondary N) is 1. The molecule has 0 radical (unpaired) electrons. The Morgan fingerprint density at radius 2 is 1.93 bits per heavy atom. The third kappa shape index (κ3) is 4.25. The van der Waals surface area contributed by atoms with Crippen LogP contribution in [0.5, 0.6) is 5.75 Å². The molecule has 0 bridgehead atoms. The number of nitrogens with two attached hydrogens (primary N) is 2. The largest absolute Gasteiger partial charge is 0.510 e. The monoisotopic (exact) mass is 567 g/mol. The van der Waals surface area contributed by atoms with Crippen LogP contribution >= 0.6 is 0 Å². The van der Waals surface area contributed by atoms with Crippen LogP contribution in [0.15, 0.2) is 28.1 Å². The van der Waals surface area contributed by atoms with E-state index in [1.165, 1.54) is 32.0 Å². The first kappa shape index (κ1) is 28.9. The highest BCUT2D eigenvalue weighted by Crippen LogP contribution is 2.53. The fourth-order valence-electron chi connectivity index (χ4n) is 5.96. The Morgan fingerprint density at radius 3 is 2.48 bits per heavy atom. The van der Waals surface area contributed by atoms with Crippen molar-refractivity contribution in [2.45, 2.75) is 37.6 Å². The number of Topliss-reactive ketones (excluding diaryl/α,β-unsaturated/α-hetero) is 1. The first-order chi connectivity index (χ1) is 18.4. The summed E-state index contributed by atoms with van der Waals surface area (Å²) in [6.45, 7) is -0.322. The highest BCUT2D eigenvalue weighted by atomic mass is 19.4. The number of likely N-dealkylation sites (N-methyl/N-ethyl adjacent to an activating group) is 1. The molecule has 0 spiro atoms. The number of amides is 1. The summed E-state index contributed by atoms with van der Waals surface area (Å²) in [5.74, 6) is -6.32. The molecule has 0 saturated heterocycles. The van der Waals surface area contributed by atoms with Gasteiger partial charge < -0.3 is 42.1 Å². The molecule has 0 heterocycles. The van der Waals surface area contributed by atoms with E-state index in [0.717, 1.165) is 0 Å². The van der Waals surface area contributed by atoms with Gasteiger partial charge in [-0.25, -0.2) is 0 Å². The zero-order valence-corrected chi connectivity index (χ0v) is 21.6. The van der Waals surface area contributed by atoms with Gasteiger partial charge in [-0.3, -0.25) is 14.5 Å². The summed E-state index contributed by atoms with van der Waals surface area (Å²) in [5.41, 5.74) is 6.34. The average Bonchev–Trinajstić information content (AvgIpc) is 2.82. The summed E-state index contributed by atoms with van der Waals surface area (Å²) in [6, 6.07) is 0.129. The van der Waals surface area contributed by atoms with E-state index >= 15 is 0 Å². The molecule has 4 atom stereocenters. The van der Waals surface area contributed by atoms with Gasteiger partial charge >= 0.3 is 6.18 Å². The molecule has 0 aromatic heterocycles. The second kappa shape index (κ2) is 9.52. The lowest BCUT2D eigenvalue weighted by Gasteiger charge is -2.51. The van der Waals surface area contributed by atoms with Crippen LogP contribution in [0.3, 0.4) is 0 Å². The maximum atomic E-state index is 13.9. The van der Waals surface area contributed by atoms with E-state index in [1.807, 2.05) is 0 Å². The van der Waals surface area contributed by atoms with Crippen LogP contribution in [-0.2, 0) is 20.8 Å². The molecule has 4 rings (SSSR count). The maximum Gasteiger partial charge on any atom is 0.425 e. The second-order valence-electron chi connectivity index (χ2n) is 10.3. The summed E-state index contributed by atoms with van der Waals surface area (Å²) in [7, 11) is 3.05. The third-order valence-electron chi connectivity index (χ3n) is 7.62. The zero-order valence-electron chi connectivity index (χ0n) is 21.6. The lowest BCUT2D eigenvalue weighted by molar-refractivity contribution is -0.173. The lowest BCUT2D eigenvalue weighted by Crippen LogP contribution is -2.67. The number of nitrogen functional groups attached to an aromatic ring is 1. The number of carbonyl (C=O) groups excluding carboxylic acids is 2. The molecule has 0 unspecified atom stereocenters. The van der Waals surface area contributed by atoms with Crippen LogP contribution in [-0.4, -0.2) is 87.0 Å². The first-order valence-corrected chi connectivity index (χ1v) is 12.0. The molecular weight excluding hydrogens is 539 g/mol. The normalized spacial score (nSPS) is 27.0. The van der Waals surface area contributed by atoms with Gasteiger partial charge in [-0.1, -0.05) is 5.16 Å². The van der Waals surface area contributed by atoms with Gasteiger partial charge in [0.1, 0.15) is 22.8 Å². The summed E-state index contributed by atoms with van der Waals surface area (Å²) >= 11 is 0. The molecule has 1 fully saturated rings. The number of phenols is 1. The molecule has 216 valence electrons. The molecule has 1 amide bonds. The molecular formula is C25H28F3N5O7. The Bertz CT molecular complexity index is 1430. The predicted octanol–water partition coefficient (Wildman–Crippen LogP) is 1.30. The predicted molar refractivity (Wildman–Crippen MR) is 136 cm³/mol. The van der Waals surface area contributed by atoms with Gasteiger partial charge in [0.05, 0.1) is 28.7 Å². The number of benzene rings is 1. The zero-order chi connectivity index (χ0) is 30.1. The molecule has 9 N–H and O–H groups in total. The van der Waals surface area contributed by atoms with E-state index in [1.54, 1.807) is 0 Å². The van der Waals surface area contributed by atoms with Gasteiger partial charge in [-0.2, -0.15) is 13.2 Å². The molecule has 12 nitrogen and oxygen atoms in total. The second-order valence-corrected chi connectivity index (χ2v) is 10.3. The number of hydrogen-bond donors (Lipinski definition) is 7. The number of halogens is 3. The van der Waals surface area contributed by atoms with E-state index < -0.39 is 76.5 Å². The molecule has 1 aromatic carbocycles. The molecule has 15 heteroatoms. The number of ketones is 1. The Morgan fingerprint density at radius 1 is 1.30 bits per heavy atom. The number of hydrogen-bond acceptors (Lipinski definition) is 11. The van der Waals surface area contributed by atoms with Crippen molar-refractivity contribution in [2.24, 2.45) is 22.7 Å². The average molecular weight is 568 g/mol. The van der Waals surface area contributed by atoms with E-state index in [4.69, 9.17) is 16.9 Å². The van der Waals surface area contributed by atoms with Crippen LogP contribution in [0.4, 0.5) is 18.9 Å². The Labute approximate surface area is 225 Å². The van der Waals surface area contributed by atoms with E-state index in [2.05, 4.69) is 9.99 Å². The van der Waals surface area contributed by atoms with Crippen LogP contribution in [0, 0.1) is 17.2 Å². The number of aliphatic hydroxyl groups is 3. The van der Waals surface area contributed by atoms with Gasteiger partial charge in [0.25, 0.3) is 5.91 Å². The highest BCUT2D eigenvalue weighted by Gasteiger charge is 2.63. The Kier molecular flexibility index (Phi) is 6.87. The van der Waals surface area contributed by atoms with Crippen molar-refractivity contribution in [2.75, 3.05) is 26.4 Å². The minimum atomic E-state index is -4.64. The number of aromatic hydroxyl groups is 1. The van der Waals surface area contributed by atoms with E-state index in [-0.39, 0.29) is 46.5 Å². The minimum Gasteiger partial charge on any atom is -0.510 e. The number of rotatable bonds is 5. The van der Waals surface area contributed by atoms with Crippen molar-refractivity contribution in [1.29, 1.82) is 5.41 Å².